The molecule has 2 aromatic heterocycles. The van der Waals surface area contributed by atoms with Crippen LogP contribution in [-0.2, 0) is 11.5 Å². The highest BCUT2D eigenvalue weighted by Crippen LogP contribution is 2.36. The van der Waals surface area contributed by atoms with E-state index in [1.165, 1.54) is 4.90 Å². The molecule has 0 N–H and O–H groups in total. The average Bonchev–Trinajstić information content (AvgIpc) is 3.16. The van der Waals surface area contributed by atoms with Crippen LogP contribution in [0.4, 0.5) is 13.2 Å². The van der Waals surface area contributed by atoms with Crippen LogP contribution < -0.4 is 0 Å². The molecule has 32 heavy (non-hydrogen) atoms. The Morgan fingerprint density at radius 2 is 2.03 bits per heavy atom. The van der Waals surface area contributed by atoms with Crippen molar-refractivity contribution in [1.29, 1.82) is 5.26 Å². The lowest BCUT2D eigenvalue weighted by Gasteiger charge is -2.53. The smallest absolute Gasteiger partial charge is 0.289 e. The molecule has 2 aliphatic heterocycles. The number of piperidine rings is 1. The van der Waals surface area contributed by atoms with Gasteiger partial charge in [-0.1, -0.05) is 0 Å². The number of rotatable bonds is 5. The van der Waals surface area contributed by atoms with Crippen LogP contribution >= 0.6 is 0 Å². The van der Waals surface area contributed by atoms with Crippen molar-refractivity contribution in [2.45, 2.75) is 50.6 Å². The number of hydrogen-bond donors (Lipinski definition) is 0. The minimum absolute atomic E-state index is 0.236. The third kappa shape index (κ3) is 3.97. The molecule has 0 saturated carbocycles. The monoisotopic (exact) mass is 446 g/mol. The van der Waals surface area contributed by atoms with E-state index in [-0.39, 0.29) is 17.1 Å². The largest absolute Gasteiger partial charge is 0.338 e. The van der Waals surface area contributed by atoms with Crippen LogP contribution in [0.15, 0.2) is 24.7 Å². The van der Waals surface area contributed by atoms with Gasteiger partial charge in [0.2, 0.25) is 0 Å². The Hall–Kier alpha value is -2.93. The van der Waals surface area contributed by atoms with E-state index in [1.807, 2.05) is 17.8 Å². The summed E-state index contributed by atoms with van der Waals surface area (Å²) in [5.41, 5.74) is -0.680. The number of nitriles is 1. The molecule has 170 valence electrons. The quantitative estimate of drug-likeness (QED) is 0.706. The van der Waals surface area contributed by atoms with Gasteiger partial charge in [0.05, 0.1) is 24.3 Å². The van der Waals surface area contributed by atoms with Crippen molar-refractivity contribution in [3.8, 4) is 6.07 Å². The lowest BCUT2D eigenvalue weighted by Crippen LogP contribution is -2.66. The molecule has 4 heterocycles. The fourth-order valence-electron chi connectivity index (χ4n) is 4.64. The normalized spacial score (nSPS) is 19.4. The Labute approximate surface area is 184 Å². The molecular weight excluding hydrogens is 421 g/mol. The second kappa shape index (κ2) is 8.20. The SMILES string of the molecule is Cc1cnn(C2(CC#N)CN(C3CCN(C(=O)c4ccnc(C(C)(F)F)c4F)CC3)C2)c1. The molecule has 0 bridgehead atoms. The summed E-state index contributed by atoms with van der Waals surface area (Å²) in [6.45, 7) is 4.74. The molecule has 0 unspecified atom stereocenters. The van der Waals surface area contributed by atoms with Crippen molar-refractivity contribution >= 4 is 5.91 Å². The number of nitrogens with zero attached hydrogens (tertiary/aromatic N) is 6. The molecule has 2 fully saturated rings. The van der Waals surface area contributed by atoms with Gasteiger partial charge in [0.15, 0.2) is 5.82 Å². The van der Waals surface area contributed by atoms with Crippen molar-refractivity contribution in [3.63, 3.8) is 0 Å². The predicted molar refractivity (Wildman–Crippen MR) is 109 cm³/mol. The van der Waals surface area contributed by atoms with E-state index in [9.17, 15) is 23.2 Å². The van der Waals surface area contributed by atoms with Crippen LogP contribution in [0.25, 0.3) is 0 Å². The van der Waals surface area contributed by atoms with E-state index >= 15 is 0 Å². The van der Waals surface area contributed by atoms with E-state index in [0.717, 1.165) is 17.8 Å². The second-order valence-electron chi connectivity index (χ2n) is 8.86. The highest BCUT2D eigenvalue weighted by Gasteiger charge is 2.48. The van der Waals surface area contributed by atoms with Crippen molar-refractivity contribution in [2.24, 2.45) is 0 Å². The molecule has 0 aliphatic carbocycles. The van der Waals surface area contributed by atoms with Gasteiger partial charge in [-0.2, -0.15) is 19.1 Å². The third-order valence-electron chi connectivity index (χ3n) is 6.40. The number of aromatic nitrogens is 3. The van der Waals surface area contributed by atoms with Gasteiger partial charge in [-0.3, -0.25) is 19.4 Å². The summed E-state index contributed by atoms with van der Waals surface area (Å²) in [5.74, 6) is -5.32. The fourth-order valence-corrected chi connectivity index (χ4v) is 4.64. The highest BCUT2D eigenvalue weighted by atomic mass is 19.3. The summed E-state index contributed by atoms with van der Waals surface area (Å²) < 4.78 is 43.6. The van der Waals surface area contributed by atoms with Gasteiger partial charge in [0, 0.05) is 51.5 Å². The minimum Gasteiger partial charge on any atom is -0.338 e. The van der Waals surface area contributed by atoms with Crippen LogP contribution in [0.2, 0.25) is 0 Å². The number of amides is 1. The predicted octanol–water partition coefficient (Wildman–Crippen LogP) is 3.07. The van der Waals surface area contributed by atoms with Gasteiger partial charge in [-0.15, -0.1) is 0 Å². The molecule has 1 amide bonds. The first-order chi connectivity index (χ1) is 15.1. The molecule has 0 aromatic carbocycles. The number of halogens is 3. The van der Waals surface area contributed by atoms with Crippen LogP contribution in [0.5, 0.6) is 0 Å². The maximum Gasteiger partial charge on any atom is 0.289 e. The van der Waals surface area contributed by atoms with Crippen molar-refractivity contribution in [1.82, 2.24) is 24.6 Å². The van der Waals surface area contributed by atoms with Crippen molar-refractivity contribution < 1.29 is 18.0 Å². The van der Waals surface area contributed by atoms with E-state index in [4.69, 9.17) is 0 Å². The number of likely N-dealkylation sites (tertiary alicyclic amines) is 2. The third-order valence-corrected chi connectivity index (χ3v) is 6.40. The number of carbonyl (C=O) groups excluding carboxylic acids is 1. The van der Waals surface area contributed by atoms with Crippen molar-refractivity contribution in [2.75, 3.05) is 26.2 Å². The molecule has 0 radical (unpaired) electrons. The standard InChI is InChI=1S/C22H25F3N6O/c1-15-11-28-31(12-15)22(6-7-26)13-30(14-22)16-4-9-29(10-5-16)20(32)17-3-8-27-19(18(17)23)21(2,24)25/h3,8,11-12,16H,4-6,9-10,13-14H2,1-2H3. The molecule has 2 saturated heterocycles. The molecule has 2 aliphatic rings. The molecule has 7 nitrogen and oxygen atoms in total. The number of carbonyl (C=O) groups is 1. The molecule has 4 rings (SSSR count). The Morgan fingerprint density at radius 1 is 1.34 bits per heavy atom. The van der Waals surface area contributed by atoms with Crippen LogP contribution in [-0.4, -0.2) is 62.7 Å². The van der Waals surface area contributed by atoms with Gasteiger partial charge >= 0.3 is 0 Å². The summed E-state index contributed by atoms with van der Waals surface area (Å²) in [6, 6.07) is 3.65. The number of alkyl halides is 2. The highest BCUT2D eigenvalue weighted by molar-refractivity contribution is 5.94. The van der Waals surface area contributed by atoms with Crippen molar-refractivity contribution in [3.05, 3.63) is 47.3 Å². The summed E-state index contributed by atoms with van der Waals surface area (Å²) in [4.78, 5) is 20.0. The summed E-state index contributed by atoms with van der Waals surface area (Å²) >= 11 is 0. The minimum atomic E-state index is -3.46. The number of hydrogen-bond acceptors (Lipinski definition) is 5. The zero-order valence-corrected chi connectivity index (χ0v) is 18.1. The zero-order chi connectivity index (χ0) is 23.1. The molecule has 2 aromatic rings. The Kier molecular flexibility index (Phi) is 5.71. The average molecular weight is 446 g/mol. The summed E-state index contributed by atoms with van der Waals surface area (Å²) in [6.07, 6.45) is 6.53. The first kappa shape index (κ1) is 22.3. The second-order valence-corrected chi connectivity index (χ2v) is 8.86. The van der Waals surface area contributed by atoms with E-state index < -0.39 is 23.3 Å². The zero-order valence-electron chi connectivity index (χ0n) is 18.1. The van der Waals surface area contributed by atoms with Gasteiger partial charge in [0.25, 0.3) is 11.8 Å². The molecule has 0 atom stereocenters. The maximum atomic E-state index is 14.5. The van der Waals surface area contributed by atoms with Gasteiger partial charge in [-0.05, 0) is 31.4 Å². The van der Waals surface area contributed by atoms with Gasteiger partial charge in [-0.25, -0.2) is 4.39 Å². The van der Waals surface area contributed by atoms with Crippen LogP contribution in [0.1, 0.15) is 47.8 Å². The number of pyridine rings is 1. The summed E-state index contributed by atoms with van der Waals surface area (Å²) in [7, 11) is 0. The van der Waals surface area contributed by atoms with Crippen LogP contribution in [0, 0.1) is 24.1 Å². The van der Waals surface area contributed by atoms with E-state index in [1.54, 1.807) is 6.20 Å². The lowest BCUT2D eigenvalue weighted by atomic mass is 9.84. The van der Waals surface area contributed by atoms with Crippen LogP contribution in [0.3, 0.4) is 0 Å². The topological polar surface area (TPSA) is 78.0 Å². The Balaban J connectivity index is 1.38. The van der Waals surface area contributed by atoms with E-state index in [2.05, 4.69) is 21.1 Å². The fraction of sp³-hybridized carbons (Fsp3) is 0.545. The maximum absolute atomic E-state index is 14.5. The first-order valence-electron chi connectivity index (χ1n) is 10.6. The van der Waals surface area contributed by atoms with Gasteiger partial charge < -0.3 is 4.90 Å². The Bertz CT molecular complexity index is 1040. The molecular formula is C22H25F3N6O. The molecule has 10 heteroatoms. The first-order valence-corrected chi connectivity index (χ1v) is 10.6. The van der Waals surface area contributed by atoms with E-state index in [0.29, 0.717) is 52.4 Å². The Morgan fingerprint density at radius 3 is 2.59 bits per heavy atom. The lowest BCUT2D eigenvalue weighted by molar-refractivity contribution is -0.0413. The number of aryl methyl sites for hydroxylation is 1. The van der Waals surface area contributed by atoms with Gasteiger partial charge in [0.1, 0.15) is 11.2 Å². The summed E-state index contributed by atoms with van der Waals surface area (Å²) in [5, 5.41) is 13.7. The molecule has 0 spiro atoms.